The molecule has 4 rings (SSSR count). The van der Waals surface area contributed by atoms with Gasteiger partial charge in [0.2, 0.25) is 0 Å². The summed E-state index contributed by atoms with van der Waals surface area (Å²) in [7, 11) is 0. The quantitative estimate of drug-likeness (QED) is 0.298. The zero-order valence-corrected chi connectivity index (χ0v) is 20.9. The lowest BCUT2D eigenvalue weighted by molar-refractivity contribution is 0.0659. The number of likely N-dealkylation sites (tertiary alicyclic amines) is 1. The third-order valence-electron chi connectivity index (χ3n) is 6.98. The number of amides is 2. The third kappa shape index (κ3) is 8.23. The molecule has 2 unspecified atom stereocenters. The van der Waals surface area contributed by atoms with E-state index in [9.17, 15) is 14.3 Å². The second kappa shape index (κ2) is 13.1. The van der Waals surface area contributed by atoms with Crippen molar-refractivity contribution < 1.29 is 14.3 Å². The van der Waals surface area contributed by atoms with Crippen LogP contribution in [0.2, 0.25) is 0 Å². The van der Waals surface area contributed by atoms with Gasteiger partial charge in [-0.2, -0.15) is 0 Å². The first-order chi connectivity index (χ1) is 18.0. The Kier molecular flexibility index (Phi) is 9.40. The van der Waals surface area contributed by atoms with Gasteiger partial charge in [0.25, 0.3) is 0 Å². The molecule has 0 saturated carbocycles. The number of halogens is 1. The van der Waals surface area contributed by atoms with E-state index in [4.69, 9.17) is 5.41 Å². The molecule has 1 heterocycles. The number of nitrogens with zero attached hydrogens (tertiary/aromatic N) is 1. The number of aliphatic hydroxyl groups is 1. The first-order valence-corrected chi connectivity index (χ1v) is 12.9. The largest absolute Gasteiger partial charge is 0.390 e. The Morgan fingerprint density at radius 3 is 2.46 bits per heavy atom. The third-order valence-corrected chi connectivity index (χ3v) is 6.98. The molecule has 0 aliphatic carbocycles. The summed E-state index contributed by atoms with van der Waals surface area (Å²) in [5, 5.41) is 24.4. The Labute approximate surface area is 218 Å². The van der Waals surface area contributed by atoms with Crippen molar-refractivity contribution in [3.05, 3.63) is 101 Å². The fraction of sp³-hybridized carbons (Fsp3) is 0.333. The number of nitrogens with one attached hydrogen (secondary N) is 3. The van der Waals surface area contributed by atoms with Crippen molar-refractivity contribution in [3.63, 3.8) is 0 Å². The molecule has 1 aliphatic rings. The van der Waals surface area contributed by atoms with Crippen molar-refractivity contribution in [1.29, 1.82) is 5.41 Å². The number of aliphatic hydroxyl groups excluding tert-OH is 1. The molecule has 37 heavy (non-hydrogen) atoms. The van der Waals surface area contributed by atoms with Crippen LogP contribution in [-0.2, 0) is 12.8 Å². The van der Waals surface area contributed by atoms with E-state index >= 15 is 0 Å². The van der Waals surface area contributed by atoms with E-state index in [0.717, 1.165) is 43.5 Å². The lowest BCUT2D eigenvalue weighted by Gasteiger charge is -2.35. The van der Waals surface area contributed by atoms with Gasteiger partial charge in [-0.3, -0.25) is 0 Å². The minimum atomic E-state index is -0.743. The normalized spacial score (nSPS) is 16.1. The highest BCUT2D eigenvalue weighted by Gasteiger charge is 2.27. The van der Waals surface area contributed by atoms with Crippen molar-refractivity contribution in [3.8, 4) is 0 Å². The predicted molar refractivity (Wildman–Crippen MR) is 146 cm³/mol. The fourth-order valence-electron chi connectivity index (χ4n) is 4.91. The first kappa shape index (κ1) is 26.5. The standard InChI is InChI=1S/C30H35FN4O2/c31-26-11-9-23(10-12-26)17-24-13-15-35(16-14-24)21-29(36)28(19-22-5-2-1-3-6-22)34-30(37)33-27-8-4-7-25(18-27)20-32/h1-12,18,20,24,28-29,32,36H,13-17,19,21H2,(H2,33,34,37). The number of urea groups is 1. The van der Waals surface area contributed by atoms with Gasteiger partial charge in [0.05, 0.1) is 12.1 Å². The van der Waals surface area contributed by atoms with Gasteiger partial charge < -0.3 is 26.0 Å². The summed E-state index contributed by atoms with van der Waals surface area (Å²) in [6.45, 7) is 2.23. The van der Waals surface area contributed by atoms with Crippen molar-refractivity contribution in [2.24, 2.45) is 5.92 Å². The number of carbonyl (C=O) groups excluding carboxylic acids is 1. The summed E-state index contributed by atoms with van der Waals surface area (Å²) in [4.78, 5) is 15.1. The Balaban J connectivity index is 1.33. The van der Waals surface area contributed by atoms with E-state index in [0.29, 0.717) is 30.1 Å². The van der Waals surface area contributed by atoms with Crippen LogP contribution in [0.4, 0.5) is 14.9 Å². The molecule has 2 amide bonds. The van der Waals surface area contributed by atoms with E-state index in [1.54, 1.807) is 24.3 Å². The number of hydrogen-bond donors (Lipinski definition) is 4. The molecule has 6 nitrogen and oxygen atoms in total. The maximum absolute atomic E-state index is 13.2. The van der Waals surface area contributed by atoms with E-state index in [1.807, 2.05) is 42.5 Å². The average molecular weight is 503 g/mol. The number of rotatable bonds is 10. The average Bonchev–Trinajstić information content (AvgIpc) is 2.91. The van der Waals surface area contributed by atoms with Crippen LogP contribution in [0, 0.1) is 17.1 Å². The zero-order valence-electron chi connectivity index (χ0n) is 20.9. The highest BCUT2D eigenvalue weighted by atomic mass is 19.1. The van der Waals surface area contributed by atoms with Crippen LogP contribution in [0.3, 0.4) is 0 Å². The highest BCUT2D eigenvalue weighted by molar-refractivity contribution is 5.90. The summed E-state index contributed by atoms with van der Waals surface area (Å²) in [6.07, 6.45) is 3.97. The van der Waals surface area contributed by atoms with Crippen LogP contribution in [0.5, 0.6) is 0 Å². The van der Waals surface area contributed by atoms with E-state index in [-0.39, 0.29) is 11.8 Å². The highest BCUT2D eigenvalue weighted by Crippen LogP contribution is 2.22. The van der Waals surface area contributed by atoms with E-state index in [2.05, 4.69) is 15.5 Å². The molecule has 194 valence electrons. The van der Waals surface area contributed by atoms with Gasteiger partial charge in [-0.15, -0.1) is 0 Å². The summed E-state index contributed by atoms with van der Waals surface area (Å²) in [5.41, 5.74) is 3.48. The van der Waals surface area contributed by atoms with Gasteiger partial charge in [0.1, 0.15) is 5.82 Å². The number of β-amino-alcohol motifs (C(OH)–C–C–N with tert-alkyl or cyclic N) is 1. The molecule has 0 spiro atoms. The minimum absolute atomic E-state index is 0.209. The van der Waals surface area contributed by atoms with Gasteiger partial charge in [0, 0.05) is 18.4 Å². The molecule has 1 fully saturated rings. The molecular formula is C30H35FN4O2. The molecule has 1 saturated heterocycles. The zero-order chi connectivity index (χ0) is 26.0. The molecule has 0 aromatic heterocycles. The van der Waals surface area contributed by atoms with Gasteiger partial charge >= 0.3 is 6.03 Å². The number of piperidine rings is 1. The number of hydrogen-bond acceptors (Lipinski definition) is 4. The molecule has 3 aromatic rings. The van der Waals surface area contributed by atoms with Crippen LogP contribution in [-0.4, -0.2) is 54.0 Å². The number of carbonyl (C=O) groups is 1. The Morgan fingerprint density at radius 1 is 1.03 bits per heavy atom. The van der Waals surface area contributed by atoms with Crippen molar-refractivity contribution >= 4 is 17.9 Å². The van der Waals surface area contributed by atoms with Gasteiger partial charge in [-0.1, -0.05) is 54.6 Å². The number of benzene rings is 3. The monoisotopic (exact) mass is 502 g/mol. The van der Waals surface area contributed by atoms with Crippen LogP contribution >= 0.6 is 0 Å². The van der Waals surface area contributed by atoms with Gasteiger partial charge in [-0.25, -0.2) is 9.18 Å². The molecule has 1 aliphatic heterocycles. The Bertz CT molecular complexity index is 1150. The smallest absolute Gasteiger partial charge is 0.319 e. The summed E-state index contributed by atoms with van der Waals surface area (Å²) in [5.74, 6) is 0.333. The van der Waals surface area contributed by atoms with Crippen molar-refractivity contribution in [2.75, 3.05) is 25.0 Å². The lowest BCUT2D eigenvalue weighted by atomic mass is 9.90. The maximum atomic E-state index is 13.2. The van der Waals surface area contributed by atoms with Crippen LogP contribution < -0.4 is 10.6 Å². The minimum Gasteiger partial charge on any atom is -0.390 e. The molecule has 7 heteroatoms. The maximum Gasteiger partial charge on any atom is 0.319 e. The second-order valence-corrected chi connectivity index (χ2v) is 9.81. The summed E-state index contributed by atoms with van der Waals surface area (Å²) >= 11 is 0. The molecule has 0 bridgehead atoms. The van der Waals surface area contributed by atoms with Gasteiger partial charge in [-0.05, 0) is 85.6 Å². The van der Waals surface area contributed by atoms with E-state index < -0.39 is 12.1 Å². The summed E-state index contributed by atoms with van der Waals surface area (Å²) < 4.78 is 13.2. The Hall–Kier alpha value is -3.55. The Morgan fingerprint density at radius 2 is 1.76 bits per heavy atom. The molecule has 0 radical (unpaired) electrons. The summed E-state index contributed by atoms with van der Waals surface area (Å²) in [6, 6.07) is 22.8. The predicted octanol–water partition coefficient (Wildman–Crippen LogP) is 4.87. The first-order valence-electron chi connectivity index (χ1n) is 12.9. The fourth-order valence-corrected chi connectivity index (χ4v) is 4.91. The van der Waals surface area contributed by atoms with E-state index in [1.165, 1.54) is 18.3 Å². The molecule has 3 aromatic carbocycles. The lowest BCUT2D eigenvalue weighted by Crippen LogP contribution is -2.51. The molecular weight excluding hydrogens is 467 g/mol. The van der Waals surface area contributed by atoms with Crippen molar-refractivity contribution in [1.82, 2.24) is 10.2 Å². The van der Waals surface area contributed by atoms with Crippen LogP contribution in [0.25, 0.3) is 0 Å². The molecule has 4 N–H and O–H groups in total. The second-order valence-electron chi connectivity index (χ2n) is 9.81. The number of anilines is 1. The van der Waals surface area contributed by atoms with Gasteiger partial charge in [0.15, 0.2) is 0 Å². The molecule has 2 atom stereocenters. The van der Waals surface area contributed by atoms with Crippen molar-refractivity contribution in [2.45, 2.75) is 37.8 Å². The van der Waals surface area contributed by atoms with Crippen LogP contribution in [0.1, 0.15) is 29.5 Å². The van der Waals surface area contributed by atoms with Crippen LogP contribution in [0.15, 0.2) is 78.9 Å². The topological polar surface area (TPSA) is 88.5 Å². The SMILES string of the molecule is N=Cc1cccc(NC(=O)NC(Cc2ccccc2)C(O)CN2CCC(Cc3ccc(F)cc3)CC2)c1.